The van der Waals surface area contributed by atoms with Crippen molar-refractivity contribution in [1.82, 2.24) is 9.55 Å². The highest BCUT2D eigenvalue weighted by Crippen LogP contribution is 2.26. The van der Waals surface area contributed by atoms with Crippen molar-refractivity contribution < 1.29 is 0 Å². The van der Waals surface area contributed by atoms with E-state index in [0.717, 1.165) is 5.95 Å². The van der Waals surface area contributed by atoms with E-state index in [9.17, 15) is 0 Å². The lowest BCUT2D eigenvalue weighted by Gasteiger charge is -2.10. The van der Waals surface area contributed by atoms with Crippen LogP contribution in [0.3, 0.4) is 0 Å². The van der Waals surface area contributed by atoms with Crippen molar-refractivity contribution in [1.29, 1.82) is 0 Å². The number of anilines is 1. The largest absolute Gasteiger partial charge is 0.353 e. The van der Waals surface area contributed by atoms with E-state index in [0.29, 0.717) is 6.04 Å². The second-order valence-corrected chi connectivity index (χ2v) is 5.15. The molecule has 16 heavy (non-hydrogen) atoms. The molecule has 2 aromatic rings. The molecule has 1 fully saturated rings. The quantitative estimate of drug-likeness (QED) is 0.879. The SMILES string of the molecule is Ic1ccccc1-n1ccnc1NC1CC1. The number of hydrogen-bond acceptors (Lipinski definition) is 2. The van der Waals surface area contributed by atoms with Crippen molar-refractivity contribution in [2.45, 2.75) is 18.9 Å². The number of nitrogens with zero attached hydrogens (tertiary/aromatic N) is 2. The lowest BCUT2D eigenvalue weighted by molar-refractivity contribution is 0.998. The number of hydrogen-bond donors (Lipinski definition) is 1. The molecule has 1 aliphatic rings. The number of rotatable bonds is 3. The summed E-state index contributed by atoms with van der Waals surface area (Å²) >= 11 is 2.35. The van der Waals surface area contributed by atoms with Gasteiger partial charge in [-0.25, -0.2) is 4.98 Å². The minimum Gasteiger partial charge on any atom is -0.353 e. The first-order chi connectivity index (χ1) is 7.84. The van der Waals surface area contributed by atoms with Gasteiger partial charge in [-0.05, 0) is 47.6 Å². The Hall–Kier alpha value is -1.04. The maximum Gasteiger partial charge on any atom is 0.207 e. The average Bonchev–Trinajstić information content (AvgIpc) is 2.97. The third-order valence-corrected chi connectivity index (χ3v) is 3.58. The van der Waals surface area contributed by atoms with E-state index in [1.807, 2.05) is 12.4 Å². The van der Waals surface area contributed by atoms with Gasteiger partial charge in [0.05, 0.1) is 5.69 Å². The van der Waals surface area contributed by atoms with Crippen LogP contribution in [0.1, 0.15) is 12.8 Å². The number of nitrogens with one attached hydrogen (secondary N) is 1. The van der Waals surface area contributed by atoms with Gasteiger partial charge in [0.1, 0.15) is 0 Å². The molecule has 0 unspecified atom stereocenters. The molecule has 0 atom stereocenters. The monoisotopic (exact) mass is 325 g/mol. The molecule has 0 amide bonds. The van der Waals surface area contributed by atoms with E-state index in [2.05, 4.69) is 61.7 Å². The fourth-order valence-corrected chi connectivity index (χ4v) is 2.31. The van der Waals surface area contributed by atoms with E-state index in [1.165, 1.54) is 22.1 Å². The molecule has 0 aliphatic heterocycles. The summed E-state index contributed by atoms with van der Waals surface area (Å²) in [4.78, 5) is 4.36. The van der Waals surface area contributed by atoms with Gasteiger partial charge in [0.25, 0.3) is 0 Å². The summed E-state index contributed by atoms with van der Waals surface area (Å²) in [5.74, 6) is 0.951. The smallest absolute Gasteiger partial charge is 0.207 e. The van der Waals surface area contributed by atoms with Gasteiger partial charge in [-0.15, -0.1) is 0 Å². The second kappa shape index (κ2) is 4.08. The summed E-state index contributed by atoms with van der Waals surface area (Å²) in [6.07, 6.45) is 6.37. The summed E-state index contributed by atoms with van der Waals surface area (Å²) < 4.78 is 3.34. The molecule has 1 N–H and O–H groups in total. The van der Waals surface area contributed by atoms with E-state index in [4.69, 9.17) is 0 Å². The zero-order valence-corrected chi connectivity index (χ0v) is 10.9. The van der Waals surface area contributed by atoms with E-state index < -0.39 is 0 Å². The number of aromatic nitrogens is 2. The maximum atomic E-state index is 4.36. The molecular weight excluding hydrogens is 313 g/mol. The summed E-state index contributed by atoms with van der Waals surface area (Å²) in [7, 11) is 0. The number of halogens is 1. The van der Waals surface area contributed by atoms with Crippen LogP contribution in [0.5, 0.6) is 0 Å². The lowest BCUT2D eigenvalue weighted by atomic mass is 10.3. The van der Waals surface area contributed by atoms with Gasteiger partial charge < -0.3 is 5.32 Å². The zero-order chi connectivity index (χ0) is 11.0. The van der Waals surface area contributed by atoms with Crippen molar-refractivity contribution in [2.24, 2.45) is 0 Å². The Morgan fingerprint density at radius 1 is 1.31 bits per heavy atom. The molecule has 0 radical (unpaired) electrons. The van der Waals surface area contributed by atoms with Crippen LogP contribution in [0.2, 0.25) is 0 Å². The van der Waals surface area contributed by atoms with Crippen molar-refractivity contribution in [2.75, 3.05) is 5.32 Å². The molecule has 0 bridgehead atoms. The summed E-state index contributed by atoms with van der Waals surface area (Å²) in [6, 6.07) is 8.95. The Bertz CT molecular complexity index is 502. The van der Waals surface area contributed by atoms with Crippen molar-refractivity contribution in [3.63, 3.8) is 0 Å². The first-order valence-electron chi connectivity index (χ1n) is 5.39. The molecule has 4 heteroatoms. The Kier molecular flexibility index (Phi) is 2.59. The summed E-state index contributed by atoms with van der Waals surface area (Å²) in [5, 5.41) is 3.44. The van der Waals surface area contributed by atoms with Gasteiger partial charge in [0.2, 0.25) is 5.95 Å². The van der Waals surface area contributed by atoms with Crippen molar-refractivity contribution in [3.8, 4) is 5.69 Å². The molecule has 3 rings (SSSR count). The van der Waals surface area contributed by atoms with Crippen LogP contribution in [0.15, 0.2) is 36.7 Å². The van der Waals surface area contributed by atoms with E-state index >= 15 is 0 Å². The first-order valence-corrected chi connectivity index (χ1v) is 6.47. The van der Waals surface area contributed by atoms with Gasteiger partial charge in [-0.3, -0.25) is 4.57 Å². The van der Waals surface area contributed by atoms with Crippen LogP contribution in [-0.2, 0) is 0 Å². The predicted molar refractivity (Wildman–Crippen MR) is 72.9 cm³/mol. The number of para-hydroxylation sites is 1. The topological polar surface area (TPSA) is 29.9 Å². The van der Waals surface area contributed by atoms with Crippen LogP contribution in [0, 0.1) is 3.57 Å². The average molecular weight is 325 g/mol. The molecule has 1 heterocycles. The fraction of sp³-hybridized carbons (Fsp3) is 0.250. The number of benzene rings is 1. The summed E-state index contributed by atoms with van der Waals surface area (Å²) in [5.41, 5.74) is 1.18. The molecule has 0 saturated heterocycles. The van der Waals surface area contributed by atoms with Crippen LogP contribution in [0.25, 0.3) is 5.69 Å². The number of imidazole rings is 1. The highest BCUT2D eigenvalue weighted by molar-refractivity contribution is 14.1. The maximum absolute atomic E-state index is 4.36. The van der Waals surface area contributed by atoms with Crippen LogP contribution >= 0.6 is 22.6 Å². The molecule has 3 nitrogen and oxygen atoms in total. The van der Waals surface area contributed by atoms with Crippen molar-refractivity contribution >= 4 is 28.5 Å². The van der Waals surface area contributed by atoms with Crippen molar-refractivity contribution in [3.05, 3.63) is 40.2 Å². The highest BCUT2D eigenvalue weighted by Gasteiger charge is 2.22. The van der Waals surface area contributed by atoms with Crippen LogP contribution < -0.4 is 5.32 Å². The third-order valence-electron chi connectivity index (χ3n) is 2.66. The molecule has 1 aliphatic carbocycles. The Balaban J connectivity index is 1.99. The first kappa shape index (κ1) is 10.1. The van der Waals surface area contributed by atoms with Gasteiger partial charge in [0.15, 0.2) is 0 Å². The third kappa shape index (κ3) is 1.93. The lowest BCUT2D eigenvalue weighted by Crippen LogP contribution is -2.08. The van der Waals surface area contributed by atoms with Gasteiger partial charge in [-0.2, -0.15) is 0 Å². The van der Waals surface area contributed by atoms with Crippen LogP contribution in [-0.4, -0.2) is 15.6 Å². The minimum absolute atomic E-state index is 0.627. The normalized spacial score (nSPS) is 15.1. The fourth-order valence-electron chi connectivity index (χ4n) is 1.66. The molecular formula is C12H12IN3. The van der Waals surface area contributed by atoms with E-state index in [1.54, 1.807) is 0 Å². The molecule has 1 aromatic heterocycles. The second-order valence-electron chi connectivity index (χ2n) is 3.99. The summed E-state index contributed by atoms with van der Waals surface area (Å²) in [6.45, 7) is 0. The standard InChI is InChI=1S/C12H12IN3/c13-10-3-1-2-4-11(10)16-8-7-14-12(16)15-9-5-6-9/h1-4,7-9H,5-6H2,(H,14,15). The molecule has 1 aromatic carbocycles. The van der Waals surface area contributed by atoms with Gasteiger partial charge >= 0.3 is 0 Å². The van der Waals surface area contributed by atoms with Gasteiger partial charge in [-0.1, -0.05) is 12.1 Å². The van der Waals surface area contributed by atoms with Crippen LogP contribution in [0.4, 0.5) is 5.95 Å². The Morgan fingerprint density at radius 3 is 2.88 bits per heavy atom. The predicted octanol–water partition coefficient (Wildman–Crippen LogP) is 3.05. The minimum atomic E-state index is 0.627. The highest BCUT2D eigenvalue weighted by atomic mass is 127. The van der Waals surface area contributed by atoms with E-state index in [-0.39, 0.29) is 0 Å². The zero-order valence-electron chi connectivity index (χ0n) is 8.73. The Morgan fingerprint density at radius 2 is 2.12 bits per heavy atom. The molecule has 1 saturated carbocycles. The molecule has 82 valence electrons. The Labute approximate surface area is 108 Å². The van der Waals surface area contributed by atoms with Gasteiger partial charge in [0, 0.05) is 22.0 Å². The molecule has 0 spiro atoms.